The minimum Gasteiger partial charge on any atom is -0.497 e. The summed E-state index contributed by atoms with van der Waals surface area (Å²) in [5.41, 5.74) is 1.05. The molecule has 0 aromatic heterocycles. The molecule has 8 nitrogen and oxygen atoms in total. The van der Waals surface area contributed by atoms with Crippen LogP contribution in [0.15, 0.2) is 18.2 Å². The Labute approximate surface area is 184 Å². The molecule has 3 heterocycles. The fourth-order valence-electron chi connectivity index (χ4n) is 4.68. The molecule has 3 aliphatic heterocycles. The summed E-state index contributed by atoms with van der Waals surface area (Å²) < 4.78 is 16.7. The Hall–Kier alpha value is -2.32. The number of amides is 2. The van der Waals surface area contributed by atoms with Gasteiger partial charge in [-0.05, 0) is 25.8 Å². The molecule has 1 aromatic carbocycles. The Morgan fingerprint density at radius 3 is 2.71 bits per heavy atom. The molecule has 8 heteroatoms. The van der Waals surface area contributed by atoms with Gasteiger partial charge < -0.3 is 24.0 Å². The lowest BCUT2D eigenvalue weighted by Gasteiger charge is -2.37. The van der Waals surface area contributed by atoms with Crippen LogP contribution in [0.3, 0.4) is 0 Å². The van der Waals surface area contributed by atoms with Crippen molar-refractivity contribution < 1.29 is 23.8 Å². The minimum absolute atomic E-state index is 0.0295. The molecule has 2 fully saturated rings. The molecule has 0 radical (unpaired) electrons. The van der Waals surface area contributed by atoms with Gasteiger partial charge in [0.2, 0.25) is 11.8 Å². The van der Waals surface area contributed by atoms with Crippen LogP contribution in [-0.2, 0) is 20.9 Å². The number of hydrogen-bond donors (Lipinski definition) is 0. The van der Waals surface area contributed by atoms with E-state index >= 15 is 0 Å². The zero-order chi connectivity index (χ0) is 21.8. The smallest absolute Gasteiger partial charge is 0.236 e. The van der Waals surface area contributed by atoms with Gasteiger partial charge in [-0.2, -0.15) is 0 Å². The zero-order valence-corrected chi connectivity index (χ0v) is 18.5. The second kappa shape index (κ2) is 9.87. The first kappa shape index (κ1) is 21.9. The van der Waals surface area contributed by atoms with Gasteiger partial charge in [-0.15, -0.1) is 0 Å². The van der Waals surface area contributed by atoms with E-state index in [-0.39, 0.29) is 23.8 Å². The maximum absolute atomic E-state index is 13.1. The first-order chi connectivity index (χ1) is 15.0. The number of benzene rings is 1. The van der Waals surface area contributed by atoms with Crippen LogP contribution in [0.1, 0.15) is 25.3 Å². The van der Waals surface area contributed by atoms with Crippen molar-refractivity contribution in [3.05, 3.63) is 23.8 Å². The van der Waals surface area contributed by atoms with Gasteiger partial charge in [0.1, 0.15) is 17.6 Å². The van der Waals surface area contributed by atoms with E-state index in [4.69, 9.17) is 14.2 Å². The average molecular weight is 432 g/mol. The van der Waals surface area contributed by atoms with Crippen LogP contribution in [0, 0.1) is 5.92 Å². The van der Waals surface area contributed by atoms with Crippen LogP contribution in [0.4, 0.5) is 0 Å². The molecule has 4 rings (SSSR count). The number of methoxy groups -OCH3 is 1. The highest BCUT2D eigenvalue weighted by Gasteiger charge is 2.33. The molecule has 0 bridgehead atoms. The number of morpholine rings is 1. The Morgan fingerprint density at radius 1 is 1.13 bits per heavy atom. The molecular weight excluding hydrogens is 398 g/mol. The van der Waals surface area contributed by atoms with Gasteiger partial charge in [-0.3, -0.25) is 14.5 Å². The maximum atomic E-state index is 13.1. The molecule has 1 aromatic rings. The molecule has 3 aliphatic rings. The van der Waals surface area contributed by atoms with Gasteiger partial charge in [0.05, 0.1) is 32.8 Å². The lowest BCUT2D eigenvalue weighted by atomic mass is 9.96. The van der Waals surface area contributed by atoms with Crippen molar-refractivity contribution in [1.82, 2.24) is 14.7 Å². The number of ether oxygens (including phenoxy) is 3. The number of fused-ring (bicyclic) bond motifs is 1. The van der Waals surface area contributed by atoms with Crippen LogP contribution < -0.4 is 9.47 Å². The summed E-state index contributed by atoms with van der Waals surface area (Å²) in [5, 5.41) is 0. The number of hydrogen-bond acceptors (Lipinski definition) is 6. The fourth-order valence-corrected chi connectivity index (χ4v) is 4.68. The van der Waals surface area contributed by atoms with Crippen molar-refractivity contribution in [3.63, 3.8) is 0 Å². The van der Waals surface area contributed by atoms with Gasteiger partial charge in [0.15, 0.2) is 0 Å². The molecule has 2 atom stereocenters. The predicted octanol–water partition coefficient (Wildman–Crippen LogP) is 1.38. The van der Waals surface area contributed by atoms with Gasteiger partial charge in [-0.25, -0.2) is 0 Å². The quantitative estimate of drug-likeness (QED) is 0.717. The molecular formula is C23H33N3O5. The number of carbonyl (C=O) groups excluding carboxylic acids is 2. The van der Waals surface area contributed by atoms with Crippen molar-refractivity contribution in [1.29, 1.82) is 0 Å². The molecule has 31 heavy (non-hydrogen) atoms. The first-order valence-electron chi connectivity index (χ1n) is 11.2. The van der Waals surface area contributed by atoms with Gasteiger partial charge in [0, 0.05) is 50.9 Å². The summed E-state index contributed by atoms with van der Waals surface area (Å²) in [7, 11) is 1.64. The topological polar surface area (TPSA) is 71.6 Å². The molecule has 0 saturated carbocycles. The Balaban J connectivity index is 1.37. The van der Waals surface area contributed by atoms with E-state index in [1.807, 2.05) is 34.9 Å². The minimum atomic E-state index is -0.101. The lowest BCUT2D eigenvalue weighted by Crippen LogP contribution is -2.51. The third-order valence-electron chi connectivity index (χ3n) is 6.32. The van der Waals surface area contributed by atoms with Gasteiger partial charge in [0.25, 0.3) is 0 Å². The number of carbonyl (C=O) groups is 2. The summed E-state index contributed by atoms with van der Waals surface area (Å²) in [6.07, 6.45) is 1.69. The second-order valence-electron chi connectivity index (χ2n) is 8.69. The van der Waals surface area contributed by atoms with Crippen molar-refractivity contribution in [3.8, 4) is 11.5 Å². The summed E-state index contributed by atoms with van der Waals surface area (Å²) in [5.74, 6) is 1.73. The van der Waals surface area contributed by atoms with E-state index in [0.29, 0.717) is 52.5 Å². The summed E-state index contributed by atoms with van der Waals surface area (Å²) in [6, 6.07) is 5.83. The van der Waals surface area contributed by atoms with Crippen molar-refractivity contribution in [2.75, 3.05) is 59.6 Å². The van der Waals surface area contributed by atoms with Crippen LogP contribution in [0.25, 0.3) is 0 Å². The van der Waals surface area contributed by atoms with Crippen LogP contribution >= 0.6 is 0 Å². The highest BCUT2D eigenvalue weighted by molar-refractivity contribution is 5.82. The third kappa shape index (κ3) is 5.30. The monoisotopic (exact) mass is 431 g/mol. The lowest BCUT2D eigenvalue weighted by molar-refractivity contribution is -0.144. The van der Waals surface area contributed by atoms with E-state index in [0.717, 1.165) is 36.4 Å². The van der Waals surface area contributed by atoms with E-state index in [1.165, 1.54) is 0 Å². The molecule has 170 valence electrons. The number of rotatable bonds is 4. The zero-order valence-electron chi connectivity index (χ0n) is 18.5. The Morgan fingerprint density at radius 2 is 1.94 bits per heavy atom. The van der Waals surface area contributed by atoms with Crippen LogP contribution in [0.5, 0.6) is 11.5 Å². The highest BCUT2D eigenvalue weighted by atomic mass is 16.5. The standard InChI is InChI=1S/C23H33N3O5/c1-17-13-24(14-18-5-6-20(29-2)12-21(18)31-17)16-22(27)26-7-3-4-19(15-26)23(28)25-8-10-30-11-9-25/h5-6,12,17,19H,3-4,7-11,13-16H2,1-2H3/t17-,19+/m0/s1. The van der Waals surface area contributed by atoms with Gasteiger partial charge in [-0.1, -0.05) is 6.07 Å². The predicted molar refractivity (Wildman–Crippen MR) is 115 cm³/mol. The van der Waals surface area contributed by atoms with E-state index in [1.54, 1.807) is 7.11 Å². The van der Waals surface area contributed by atoms with Crippen molar-refractivity contribution in [2.24, 2.45) is 5.92 Å². The van der Waals surface area contributed by atoms with Crippen LogP contribution in [0.2, 0.25) is 0 Å². The highest BCUT2D eigenvalue weighted by Crippen LogP contribution is 2.29. The fraction of sp³-hybridized carbons (Fsp3) is 0.652. The summed E-state index contributed by atoms with van der Waals surface area (Å²) in [6.45, 7) is 7.42. The second-order valence-corrected chi connectivity index (χ2v) is 8.69. The summed E-state index contributed by atoms with van der Waals surface area (Å²) >= 11 is 0. The average Bonchev–Trinajstić information content (AvgIpc) is 2.95. The largest absolute Gasteiger partial charge is 0.497 e. The van der Waals surface area contributed by atoms with E-state index < -0.39 is 0 Å². The molecule has 0 spiro atoms. The van der Waals surface area contributed by atoms with Crippen LogP contribution in [-0.4, -0.2) is 92.2 Å². The molecule has 2 saturated heterocycles. The van der Waals surface area contributed by atoms with Gasteiger partial charge >= 0.3 is 0 Å². The third-order valence-corrected chi connectivity index (χ3v) is 6.32. The number of likely N-dealkylation sites (tertiary alicyclic amines) is 1. The maximum Gasteiger partial charge on any atom is 0.236 e. The molecule has 0 aliphatic carbocycles. The normalized spacial score (nSPS) is 24.7. The summed E-state index contributed by atoms with van der Waals surface area (Å²) in [4.78, 5) is 31.9. The first-order valence-corrected chi connectivity index (χ1v) is 11.2. The Bertz CT molecular complexity index is 795. The van der Waals surface area contributed by atoms with E-state index in [9.17, 15) is 9.59 Å². The van der Waals surface area contributed by atoms with Crippen molar-refractivity contribution in [2.45, 2.75) is 32.4 Å². The number of piperidine rings is 1. The molecule has 0 N–H and O–H groups in total. The SMILES string of the molecule is COc1ccc2c(c1)O[C@@H](C)CN(CC(=O)N1CCC[C@@H](C(=O)N3CCOCC3)C1)C2. The molecule has 2 amide bonds. The Kier molecular flexibility index (Phi) is 6.97. The number of nitrogens with zero attached hydrogens (tertiary/aromatic N) is 3. The van der Waals surface area contributed by atoms with E-state index in [2.05, 4.69) is 4.90 Å². The molecule has 0 unspecified atom stereocenters. The van der Waals surface area contributed by atoms with Crippen molar-refractivity contribution >= 4 is 11.8 Å².